The number of sulfonamides is 1. The Balaban J connectivity index is 2.55. The van der Waals surface area contributed by atoms with Gasteiger partial charge in [0.2, 0.25) is 10.0 Å². The monoisotopic (exact) mass is 325 g/mol. The lowest BCUT2D eigenvalue weighted by molar-refractivity contribution is 0.379. The Hall–Kier alpha value is 0.390. The predicted molar refractivity (Wildman–Crippen MR) is 76.0 cm³/mol. The fourth-order valence-electron chi connectivity index (χ4n) is 2.28. The number of halogens is 1. The molecular weight excluding hydrogens is 302 g/mol. The molecule has 1 N–H and O–H groups in total. The van der Waals surface area contributed by atoms with Crippen LogP contribution in [0.25, 0.3) is 0 Å². The van der Waals surface area contributed by atoms with Gasteiger partial charge in [-0.15, -0.1) is 0 Å². The molecule has 1 fully saturated rings. The largest absolute Gasteiger partial charge is 0.212 e. The van der Waals surface area contributed by atoms with E-state index >= 15 is 0 Å². The zero-order valence-corrected chi connectivity index (χ0v) is 13.2. The highest BCUT2D eigenvalue weighted by Crippen LogP contribution is 2.25. The van der Waals surface area contributed by atoms with Gasteiger partial charge < -0.3 is 0 Å². The summed E-state index contributed by atoms with van der Waals surface area (Å²) in [5.41, 5.74) is -0.354. The van der Waals surface area contributed by atoms with Crippen molar-refractivity contribution in [3.05, 3.63) is 0 Å². The molecule has 1 aliphatic carbocycles. The van der Waals surface area contributed by atoms with Gasteiger partial charge in [0.05, 0.1) is 5.75 Å². The highest BCUT2D eigenvalue weighted by Gasteiger charge is 2.29. The van der Waals surface area contributed by atoms with Crippen LogP contribution in [0.4, 0.5) is 0 Å². The molecule has 0 saturated heterocycles. The molecule has 0 amide bonds. The number of hydrogen-bond donors (Lipinski definition) is 1. The van der Waals surface area contributed by atoms with E-state index in [-0.39, 0.29) is 5.54 Å². The average molecular weight is 326 g/mol. The molecule has 102 valence electrons. The lowest BCUT2D eigenvalue weighted by atomic mass is 9.91. The first-order valence-corrected chi connectivity index (χ1v) is 9.26. The van der Waals surface area contributed by atoms with Crippen LogP contribution < -0.4 is 4.72 Å². The summed E-state index contributed by atoms with van der Waals surface area (Å²) in [5.74, 6) is 0.660. The van der Waals surface area contributed by atoms with Crippen LogP contribution in [-0.4, -0.2) is 25.0 Å². The van der Waals surface area contributed by atoms with Crippen molar-refractivity contribution in [2.75, 3.05) is 11.1 Å². The molecule has 0 aromatic rings. The lowest BCUT2D eigenvalue weighted by Crippen LogP contribution is -2.48. The molecule has 17 heavy (non-hydrogen) atoms. The van der Waals surface area contributed by atoms with Crippen molar-refractivity contribution in [1.29, 1.82) is 0 Å². The molecule has 0 aromatic heterocycles. The maximum Gasteiger partial charge on any atom is 0.212 e. The van der Waals surface area contributed by atoms with Gasteiger partial charge in [-0.3, -0.25) is 0 Å². The van der Waals surface area contributed by atoms with Crippen LogP contribution in [0.2, 0.25) is 0 Å². The third-order valence-electron chi connectivity index (χ3n) is 3.66. The highest BCUT2D eigenvalue weighted by molar-refractivity contribution is 9.09. The van der Waals surface area contributed by atoms with Gasteiger partial charge in [0.1, 0.15) is 0 Å². The van der Waals surface area contributed by atoms with Crippen molar-refractivity contribution in [2.24, 2.45) is 5.92 Å². The molecule has 1 atom stereocenters. The minimum Gasteiger partial charge on any atom is -0.212 e. The Kier molecular flexibility index (Phi) is 5.93. The molecule has 0 bridgehead atoms. The molecule has 1 aliphatic rings. The first-order chi connectivity index (χ1) is 7.91. The summed E-state index contributed by atoms with van der Waals surface area (Å²) in [6.07, 6.45) is 6.56. The van der Waals surface area contributed by atoms with Crippen LogP contribution in [0.15, 0.2) is 0 Å². The van der Waals surface area contributed by atoms with Crippen LogP contribution in [-0.2, 0) is 10.0 Å². The minimum absolute atomic E-state index is 0.301. The van der Waals surface area contributed by atoms with E-state index in [9.17, 15) is 8.42 Å². The van der Waals surface area contributed by atoms with Crippen molar-refractivity contribution in [2.45, 2.75) is 57.9 Å². The summed E-state index contributed by atoms with van der Waals surface area (Å²) in [4.78, 5) is 0. The molecule has 0 spiro atoms. The van der Waals surface area contributed by atoms with E-state index in [1.54, 1.807) is 0 Å². The van der Waals surface area contributed by atoms with E-state index in [0.717, 1.165) is 19.3 Å². The van der Waals surface area contributed by atoms with Gasteiger partial charge in [-0.05, 0) is 32.1 Å². The summed E-state index contributed by atoms with van der Waals surface area (Å²) in [5, 5.41) is 0.653. The van der Waals surface area contributed by atoms with Crippen LogP contribution >= 0.6 is 15.9 Å². The topological polar surface area (TPSA) is 46.2 Å². The van der Waals surface area contributed by atoms with Crippen molar-refractivity contribution >= 4 is 26.0 Å². The quantitative estimate of drug-likeness (QED) is 0.763. The summed E-state index contributed by atoms with van der Waals surface area (Å²) in [6, 6.07) is 0. The van der Waals surface area contributed by atoms with E-state index in [1.165, 1.54) is 19.3 Å². The molecule has 0 heterocycles. The molecule has 0 radical (unpaired) electrons. The van der Waals surface area contributed by atoms with E-state index in [0.29, 0.717) is 17.0 Å². The SMILES string of the molecule is CCC(C)(CBr)NS(=O)(=O)CC1CCCCC1. The minimum atomic E-state index is -3.14. The first kappa shape index (κ1) is 15.4. The standard InChI is InChI=1S/C12H24BrNO2S/c1-3-12(2,10-13)14-17(15,16)9-11-7-5-4-6-8-11/h11,14H,3-10H2,1-2H3. The van der Waals surface area contributed by atoms with Crippen molar-refractivity contribution in [3.8, 4) is 0 Å². The van der Waals surface area contributed by atoms with Gasteiger partial charge in [0, 0.05) is 10.9 Å². The Labute approximate surface area is 114 Å². The Morgan fingerprint density at radius 2 is 1.88 bits per heavy atom. The Bertz CT molecular complexity index is 319. The summed E-state index contributed by atoms with van der Waals surface area (Å²) in [7, 11) is -3.14. The zero-order chi connectivity index (χ0) is 12.9. The van der Waals surface area contributed by atoms with Crippen molar-refractivity contribution in [1.82, 2.24) is 4.72 Å². The van der Waals surface area contributed by atoms with Crippen LogP contribution in [0.5, 0.6) is 0 Å². The van der Waals surface area contributed by atoms with Gasteiger partial charge in [-0.1, -0.05) is 42.1 Å². The molecule has 3 nitrogen and oxygen atoms in total. The maximum atomic E-state index is 12.1. The molecule has 5 heteroatoms. The van der Waals surface area contributed by atoms with Crippen LogP contribution in [0.3, 0.4) is 0 Å². The average Bonchev–Trinajstić information content (AvgIpc) is 2.29. The summed E-state index contributed by atoms with van der Waals surface area (Å²) >= 11 is 3.38. The van der Waals surface area contributed by atoms with Gasteiger partial charge in [-0.25, -0.2) is 13.1 Å². The molecule has 1 unspecified atom stereocenters. The Morgan fingerprint density at radius 3 is 2.35 bits per heavy atom. The summed E-state index contributed by atoms with van der Waals surface area (Å²) in [6.45, 7) is 3.95. The first-order valence-electron chi connectivity index (χ1n) is 6.48. The second-order valence-corrected chi connectivity index (χ2v) is 7.76. The van der Waals surface area contributed by atoms with Gasteiger partial charge in [0.15, 0.2) is 0 Å². The van der Waals surface area contributed by atoms with Gasteiger partial charge in [0.25, 0.3) is 0 Å². The number of nitrogens with one attached hydrogen (secondary N) is 1. The van der Waals surface area contributed by atoms with Gasteiger partial charge in [-0.2, -0.15) is 0 Å². The normalized spacial score (nSPS) is 22.3. The fraction of sp³-hybridized carbons (Fsp3) is 1.00. The van der Waals surface area contributed by atoms with E-state index < -0.39 is 10.0 Å². The number of hydrogen-bond acceptors (Lipinski definition) is 2. The van der Waals surface area contributed by atoms with E-state index in [4.69, 9.17) is 0 Å². The second-order valence-electron chi connectivity index (χ2n) is 5.44. The molecule has 0 aliphatic heterocycles. The number of rotatable bonds is 6. The summed E-state index contributed by atoms with van der Waals surface area (Å²) < 4.78 is 27.0. The third kappa shape index (κ3) is 5.26. The second kappa shape index (κ2) is 6.53. The van der Waals surface area contributed by atoms with E-state index in [1.807, 2.05) is 13.8 Å². The van der Waals surface area contributed by atoms with Crippen LogP contribution in [0, 0.1) is 5.92 Å². The van der Waals surface area contributed by atoms with Gasteiger partial charge >= 0.3 is 0 Å². The molecule has 1 rings (SSSR count). The number of alkyl halides is 1. The zero-order valence-electron chi connectivity index (χ0n) is 10.8. The fourth-order valence-corrected chi connectivity index (χ4v) is 5.00. The van der Waals surface area contributed by atoms with Crippen LogP contribution in [0.1, 0.15) is 52.4 Å². The Morgan fingerprint density at radius 1 is 1.29 bits per heavy atom. The highest BCUT2D eigenvalue weighted by atomic mass is 79.9. The predicted octanol–water partition coefficient (Wildman–Crippen LogP) is 3.05. The smallest absolute Gasteiger partial charge is 0.212 e. The molecule has 0 aromatic carbocycles. The molecule has 1 saturated carbocycles. The van der Waals surface area contributed by atoms with E-state index in [2.05, 4.69) is 20.7 Å². The maximum absolute atomic E-state index is 12.1. The van der Waals surface area contributed by atoms with Crippen molar-refractivity contribution < 1.29 is 8.42 Å². The van der Waals surface area contributed by atoms with Crippen molar-refractivity contribution in [3.63, 3.8) is 0 Å². The molecular formula is C12H24BrNO2S. The third-order valence-corrected chi connectivity index (χ3v) is 6.61. The lowest BCUT2D eigenvalue weighted by Gasteiger charge is -2.29.